The molecule has 0 aliphatic rings. The Bertz CT molecular complexity index is 716. The second kappa shape index (κ2) is 4.40. The largest absolute Gasteiger partial charge is 0.309 e. The molecule has 1 aromatic carbocycles. The quantitative estimate of drug-likeness (QED) is 0.631. The Hall–Kier alpha value is -1.92. The molecular weight excluding hydrogens is 241 g/mol. The molecule has 0 atom stereocenters. The molecule has 2 nitrogen and oxygen atoms in total. The lowest BCUT2D eigenvalue weighted by atomic mass is 10.1. The smallest absolute Gasteiger partial charge is 0.214 e. The van der Waals surface area contributed by atoms with Crippen molar-refractivity contribution in [2.75, 3.05) is 0 Å². The molecule has 0 radical (unpaired) electrons. The molecule has 3 aromatic rings. The van der Waals surface area contributed by atoms with Crippen molar-refractivity contribution in [2.24, 2.45) is 0 Å². The summed E-state index contributed by atoms with van der Waals surface area (Å²) >= 11 is 0. The molecule has 18 heavy (non-hydrogen) atoms. The maximum absolute atomic E-state index is 12.5. The third-order valence-electron chi connectivity index (χ3n) is 2.97. The molecule has 2 aromatic heterocycles. The molecule has 0 saturated heterocycles. The van der Waals surface area contributed by atoms with Crippen LogP contribution in [0.15, 0.2) is 54.7 Å². The fourth-order valence-corrected chi connectivity index (χ4v) is 3.20. The highest BCUT2D eigenvalue weighted by molar-refractivity contribution is 7.33. The van der Waals surface area contributed by atoms with Gasteiger partial charge < -0.3 is 4.40 Å². The van der Waals surface area contributed by atoms with Gasteiger partial charge in [-0.25, -0.2) is 0 Å². The van der Waals surface area contributed by atoms with Gasteiger partial charge in [-0.15, -0.1) is 0 Å². The van der Waals surface area contributed by atoms with Crippen molar-refractivity contribution in [3.8, 4) is 0 Å². The lowest BCUT2D eigenvalue weighted by Gasteiger charge is -2.01. The predicted octanol–water partition coefficient (Wildman–Crippen LogP) is 4.06. The summed E-state index contributed by atoms with van der Waals surface area (Å²) in [4.78, 5) is 12.5. The molecule has 3 rings (SSSR count). The van der Waals surface area contributed by atoms with Crippen molar-refractivity contribution >= 4 is 19.5 Å². The molecular formula is C15H12NOP. The van der Waals surface area contributed by atoms with E-state index in [0.29, 0.717) is 0 Å². The first-order valence-electron chi connectivity index (χ1n) is 5.81. The van der Waals surface area contributed by atoms with Crippen LogP contribution < -0.4 is 0 Å². The number of hydrogen-bond donors (Lipinski definition) is 0. The van der Waals surface area contributed by atoms with Crippen LogP contribution in [0, 0.1) is 6.92 Å². The summed E-state index contributed by atoms with van der Waals surface area (Å²) in [6.45, 7) is 2.07. The fourth-order valence-electron chi connectivity index (χ4n) is 2.07. The van der Waals surface area contributed by atoms with Crippen molar-refractivity contribution in [3.05, 3.63) is 71.0 Å². The van der Waals surface area contributed by atoms with E-state index in [2.05, 4.69) is 6.92 Å². The van der Waals surface area contributed by atoms with Gasteiger partial charge in [0.1, 0.15) is 5.43 Å². The minimum atomic E-state index is 0.103. The van der Waals surface area contributed by atoms with Crippen molar-refractivity contribution < 1.29 is 4.79 Å². The minimum Gasteiger partial charge on any atom is -0.309 e. The van der Waals surface area contributed by atoms with Crippen LogP contribution in [0.1, 0.15) is 21.1 Å². The molecule has 88 valence electrons. The van der Waals surface area contributed by atoms with Gasteiger partial charge >= 0.3 is 0 Å². The Morgan fingerprint density at radius 3 is 2.56 bits per heavy atom. The lowest BCUT2D eigenvalue weighted by molar-refractivity contribution is 0.103. The Morgan fingerprint density at radius 1 is 1.06 bits per heavy atom. The number of aromatic nitrogens is 1. The van der Waals surface area contributed by atoms with E-state index in [1.807, 2.05) is 59.1 Å². The van der Waals surface area contributed by atoms with Crippen molar-refractivity contribution in [2.45, 2.75) is 6.92 Å². The van der Waals surface area contributed by atoms with E-state index in [1.54, 1.807) is 0 Å². The number of ketones is 1. The van der Waals surface area contributed by atoms with Crippen LogP contribution in [0.25, 0.3) is 5.52 Å². The zero-order valence-corrected chi connectivity index (χ0v) is 10.9. The summed E-state index contributed by atoms with van der Waals surface area (Å²) in [5.41, 5.74) is 2.68. The number of aryl methyl sites for hydroxylation is 1. The van der Waals surface area contributed by atoms with Gasteiger partial charge in [-0.3, -0.25) is 4.79 Å². The number of rotatable bonds is 2. The molecule has 0 bridgehead atoms. The van der Waals surface area contributed by atoms with Gasteiger partial charge in [-0.2, -0.15) is 0 Å². The summed E-state index contributed by atoms with van der Waals surface area (Å²) in [5, 5.41) is 1.22. The number of carbonyl (C=O) groups is 1. The molecule has 0 aliphatic carbocycles. The summed E-state index contributed by atoms with van der Waals surface area (Å²) in [6.07, 6.45) is 1.95. The number of hydrogen-bond acceptors (Lipinski definition) is 1. The molecule has 2 heterocycles. The first kappa shape index (κ1) is 11.2. The van der Waals surface area contributed by atoms with Gasteiger partial charge in [0.05, 0.1) is 5.52 Å². The highest BCUT2D eigenvalue weighted by atomic mass is 31.0. The molecule has 0 amide bonds. The highest BCUT2D eigenvalue weighted by Gasteiger charge is 2.15. The van der Waals surface area contributed by atoms with E-state index in [1.165, 1.54) is 5.30 Å². The maximum atomic E-state index is 12.5. The number of nitrogens with zero attached hydrogens (tertiary/aromatic N) is 1. The van der Waals surface area contributed by atoms with Crippen LogP contribution >= 0.6 is 8.19 Å². The van der Waals surface area contributed by atoms with E-state index in [0.717, 1.165) is 24.7 Å². The van der Waals surface area contributed by atoms with Crippen LogP contribution in [-0.2, 0) is 0 Å². The summed E-state index contributed by atoms with van der Waals surface area (Å²) < 4.78 is 1.99. The fraction of sp³-hybridized carbons (Fsp3) is 0.0667. The Labute approximate surface area is 107 Å². The maximum Gasteiger partial charge on any atom is 0.214 e. The number of benzene rings is 1. The van der Waals surface area contributed by atoms with Crippen LogP contribution in [0.3, 0.4) is 0 Å². The van der Waals surface area contributed by atoms with Gasteiger partial charge in [0, 0.05) is 17.1 Å². The first-order valence-corrected chi connectivity index (χ1v) is 6.70. The molecule has 0 aliphatic heterocycles. The van der Waals surface area contributed by atoms with Crippen molar-refractivity contribution in [1.29, 1.82) is 0 Å². The third-order valence-corrected chi connectivity index (χ3v) is 4.17. The van der Waals surface area contributed by atoms with Gasteiger partial charge in [0.2, 0.25) is 5.78 Å². The number of fused-ring (bicyclic) bond motifs is 1. The second-order valence-electron chi connectivity index (χ2n) is 4.17. The number of pyridine rings is 1. The average molecular weight is 253 g/mol. The van der Waals surface area contributed by atoms with Crippen LogP contribution in [0.5, 0.6) is 0 Å². The zero-order valence-electron chi connectivity index (χ0n) is 10.00. The van der Waals surface area contributed by atoms with Gasteiger partial charge in [0.15, 0.2) is 0 Å². The van der Waals surface area contributed by atoms with Gasteiger partial charge in [-0.1, -0.05) is 36.4 Å². The monoisotopic (exact) mass is 253 g/mol. The van der Waals surface area contributed by atoms with Gasteiger partial charge in [-0.05, 0) is 27.2 Å². The molecule has 3 heteroatoms. The average Bonchev–Trinajstić information content (AvgIpc) is 2.77. The lowest BCUT2D eigenvalue weighted by Crippen LogP contribution is -2.03. The third kappa shape index (κ3) is 1.75. The summed E-state index contributed by atoms with van der Waals surface area (Å²) in [6, 6.07) is 15.4. The molecule has 0 fully saturated rings. The standard InChI is InChI=1S/C15H12NOP/c1-11-13-9-5-6-10-16(13)15(18-11)14(17)12-7-3-2-4-8-12/h2-10H,1H3. The van der Waals surface area contributed by atoms with Crippen LogP contribution in [-0.4, -0.2) is 10.2 Å². The topological polar surface area (TPSA) is 21.5 Å². The van der Waals surface area contributed by atoms with Crippen molar-refractivity contribution in [1.82, 2.24) is 4.40 Å². The summed E-state index contributed by atoms with van der Waals surface area (Å²) in [5.74, 6) is 0.103. The van der Waals surface area contributed by atoms with E-state index < -0.39 is 0 Å². The van der Waals surface area contributed by atoms with E-state index >= 15 is 0 Å². The van der Waals surface area contributed by atoms with Crippen molar-refractivity contribution in [3.63, 3.8) is 0 Å². The Balaban J connectivity index is 2.19. The van der Waals surface area contributed by atoms with Crippen LogP contribution in [0.2, 0.25) is 0 Å². The Morgan fingerprint density at radius 2 is 1.78 bits per heavy atom. The first-order chi connectivity index (χ1) is 8.77. The second-order valence-corrected chi connectivity index (χ2v) is 5.49. The molecule has 0 spiro atoms. The minimum absolute atomic E-state index is 0.103. The highest BCUT2D eigenvalue weighted by Crippen LogP contribution is 2.28. The predicted molar refractivity (Wildman–Crippen MR) is 74.5 cm³/mol. The molecule has 0 saturated carbocycles. The normalized spacial score (nSPS) is 11.2. The number of carbonyl (C=O) groups excluding carboxylic acids is 1. The SMILES string of the molecule is Cc1pc(C(=O)c2ccccc2)n2ccccc12. The molecule has 0 N–H and O–H groups in total. The van der Waals surface area contributed by atoms with Gasteiger partial charge in [0.25, 0.3) is 0 Å². The molecule has 0 unspecified atom stereocenters. The van der Waals surface area contributed by atoms with Crippen LogP contribution in [0.4, 0.5) is 0 Å². The zero-order chi connectivity index (χ0) is 12.5. The summed E-state index contributed by atoms with van der Waals surface area (Å²) in [7, 11) is 1.00. The van der Waals surface area contributed by atoms with E-state index in [-0.39, 0.29) is 5.78 Å². The van der Waals surface area contributed by atoms with E-state index in [9.17, 15) is 4.79 Å². The Kier molecular flexibility index (Phi) is 2.73. The van der Waals surface area contributed by atoms with E-state index in [4.69, 9.17) is 0 Å².